The van der Waals surface area contributed by atoms with Crippen LogP contribution in [0.4, 0.5) is 5.69 Å². The zero-order chi connectivity index (χ0) is 17.5. The van der Waals surface area contributed by atoms with Gasteiger partial charge in [0, 0.05) is 12.0 Å². The van der Waals surface area contributed by atoms with Crippen LogP contribution in [0.15, 0.2) is 23.6 Å². The zero-order valence-corrected chi connectivity index (χ0v) is 15.3. The van der Waals surface area contributed by atoms with Crippen molar-refractivity contribution < 1.29 is 9.47 Å². The van der Waals surface area contributed by atoms with Crippen LogP contribution in [-0.2, 0) is 11.3 Å². The zero-order valence-electron chi connectivity index (χ0n) is 14.5. The van der Waals surface area contributed by atoms with E-state index in [9.17, 15) is 0 Å². The first-order valence-corrected chi connectivity index (χ1v) is 8.92. The number of nitrogens with one attached hydrogen (secondary N) is 1. The van der Waals surface area contributed by atoms with Crippen molar-refractivity contribution >= 4 is 17.0 Å². The number of aromatic nitrogens is 1. The maximum atomic E-state index is 9.09. The third-order valence-corrected chi connectivity index (χ3v) is 4.32. The predicted molar refractivity (Wildman–Crippen MR) is 96.4 cm³/mol. The molecule has 1 aromatic heterocycles. The molecule has 1 N–H and O–H groups in total. The van der Waals surface area contributed by atoms with Crippen molar-refractivity contribution in [1.82, 2.24) is 4.98 Å². The average molecular weight is 345 g/mol. The van der Waals surface area contributed by atoms with Crippen LogP contribution < -0.4 is 10.1 Å². The Morgan fingerprint density at radius 2 is 2.12 bits per heavy atom. The Morgan fingerprint density at radius 1 is 1.33 bits per heavy atom. The summed E-state index contributed by atoms with van der Waals surface area (Å²) in [4.78, 5) is 4.60. The molecule has 1 atom stereocenters. The van der Waals surface area contributed by atoms with Crippen molar-refractivity contribution in [3.63, 3.8) is 0 Å². The van der Waals surface area contributed by atoms with Crippen molar-refractivity contribution in [3.8, 4) is 11.8 Å². The van der Waals surface area contributed by atoms with Crippen LogP contribution in [0.3, 0.4) is 0 Å². The number of hydrogen-bond acceptors (Lipinski definition) is 6. The van der Waals surface area contributed by atoms with E-state index in [-0.39, 0.29) is 12.2 Å². The summed E-state index contributed by atoms with van der Waals surface area (Å²) in [6.45, 7) is 9.17. The number of nitrogens with zero attached hydrogens (tertiary/aromatic N) is 2. The maximum absolute atomic E-state index is 9.09. The van der Waals surface area contributed by atoms with Crippen molar-refractivity contribution in [3.05, 3.63) is 39.8 Å². The molecule has 24 heavy (non-hydrogen) atoms. The highest BCUT2D eigenvalue weighted by Crippen LogP contribution is 2.28. The lowest BCUT2D eigenvalue weighted by molar-refractivity contribution is 0.0761. The Hall–Kier alpha value is -2.10. The Labute approximate surface area is 147 Å². The van der Waals surface area contributed by atoms with Gasteiger partial charge in [0.15, 0.2) is 0 Å². The quantitative estimate of drug-likeness (QED) is 0.762. The highest BCUT2D eigenvalue weighted by atomic mass is 32.1. The van der Waals surface area contributed by atoms with E-state index in [4.69, 9.17) is 14.7 Å². The molecule has 0 aliphatic heterocycles. The second-order valence-corrected chi connectivity index (χ2v) is 6.51. The lowest BCUT2D eigenvalue weighted by Gasteiger charge is -2.15. The summed E-state index contributed by atoms with van der Waals surface area (Å²) in [7, 11) is 0. The summed E-state index contributed by atoms with van der Waals surface area (Å²) in [5.41, 5.74) is 2.34. The first kappa shape index (κ1) is 18.2. The Kier molecular flexibility index (Phi) is 6.59. The van der Waals surface area contributed by atoms with E-state index in [1.165, 1.54) is 0 Å². The fourth-order valence-electron chi connectivity index (χ4n) is 2.19. The smallest absolute Gasteiger partial charge is 0.142 e. The highest BCUT2D eigenvalue weighted by molar-refractivity contribution is 7.09. The van der Waals surface area contributed by atoms with E-state index in [0.717, 1.165) is 22.1 Å². The topological polar surface area (TPSA) is 67.2 Å². The van der Waals surface area contributed by atoms with Gasteiger partial charge in [-0.3, -0.25) is 0 Å². The Balaban J connectivity index is 2.09. The molecule has 0 spiro atoms. The molecule has 0 saturated heterocycles. The molecular formula is C18H23N3O2S. The van der Waals surface area contributed by atoms with Crippen molar-refractivity contribution in [1.29, 1.82) is 5.26 Å². The molecule has 0 radical (unpaired) electrons. The summed E-state index contributed by atoms with van der Waals surface area (Å²) in [5.74, 6) is 0.738. The number of hydrogen-bond donors (Lipinski definition) is 1. The minimum Gasteiger partial charge on any atom is -0.489 e. The maximum Gasteiger partial charge on any atom is 0.142 e. The number of nitriles is 1. The predicted octanol–water partition coefficient (Wildman–Crippen LogP) is 4.51. The van der Waals surface area contributed by atoms with Gasteiger partial charge in [-0.2, -0.15) is 5.26 Å². The van der Waals surface area contributed by atoms with Crippen LogP contribution in [0.5, 0.6) is 5.75 Å². The summed E-state index contributed by atoms with van der Waals surface area (Å²) >= 11 is 1.60. The third-order valence-electron chi connectivity index (χ3n) is 3.27. The minimum atomic E-state index is 0.00972. The molecule has 128 valence electrons. The lowest BCUT2D eigenvalue weighted by atomic mass is 10.2. The largest absolute Gasteiger partial charge is 0.489 e. The second kappa shape index (κ2) is 8.67. The first-order chi connectivity index (χ1) is 11.5. The molecule has 0 amide bonds. The van der Waals surface area contributed by atoms with Gasteiger partial charge >= 0.3 is 0 Å². The van der Waals surface area contributed by atoms with Crippen molar-refractivity contribution in [2.24, 2.45) is 0 Å². The number of benzene rings is 1. The summed E-state index contributed by atoms with van der Waals surface area (Å²) < 4.78 is 11.4. The standard InChI is InChI=1S/C18H23N3O2S/c1-5-22-13(4)18-21-15(11-24-18)10-20-16-8-14(9-19)6-7-17(16)23-12(2)3/h6-8,11-13,20H,5,10H2,1-4H3/t13-/m1/s1. The monoisotopic (exact) mass is 345 g/mol. The molecule has 5 nitrogen and oxygen atoms in total. The lowest BCUT2D eigenvalue weighted by Crippen LogP contribution is -2.09. The van der Waals surface area contributed by atoms with Gasteiger partial charge in [0.2, 0.25) is 0 Å². The fourth-order valence-corrected chi connectivity index (χ4v) is 3.01. The van der Waals surface area contributed by atoms with E-state index >= 15 is 0 Å². The van der Waals surface area contributed by atoms with Crippen LogP contribution in [0.1, 0.15) is 50.1 Å². The van der Waals surface area contributed by atoms with Gasteiger partial charge in [0.1, 0.15) is 16.9 Å². The van der Waals surface area contributed by atoms with Gasteiger partial charge in [-0.25, -0.2) is 4.98 Å². The molecular weight excluding hydrogens is 322 g/mol. The highest BCUT2D eigenvalue weighted by Gasteiger charge is 2.12. The number of ether oxygens (including phenoxy) is 2. The van der Waals surface area contributed by atoms with Gasteiger partial charge in [-0.15, -0.1) is 11.3 Å². The number of rotatable bonds is 8. The molecule has 6 heteroatoms. The molecule has 0 fully saturated rings. The van der Waals surface area contributed by atoms with Crippen molar-refractivity contribution in [2.45, 2.75) is 46.4 Å². The Bertz CT molecular complexity index is 707. The van der Waals surface area contributed by atoms with E-state index in [1.54, 1.807) is 23.5 Å². The van der Waals surface area contributed by atoms with E-state index in [1.807, 2.05) is 39.1 Å². The molecule has 1 aromatic carbocycles. The summed E-state index contributed by atoms with van der Waals surface area (Å²) in [6.07, 6.45) is 0.0758. The number of anilines is 1. The molecule has 0 aliphatic rings. The van der Waals surface area contributed by atoms with Crippen molar-refractivity contribution in [2.75, 3.05) is 11.9 Å². The van der Waals surface area contributed by atoms with Crippen LogP contribution in [0.2, 0.25) is 0 Å². The van der Waals surface area contributed by atoms with Gasteiger partial charge in [-0.1, -0.05) is 0 Å². The fraction of sp³-hybridized carbons (Fsp3) is 0.444. The summed E-state index contributed by atoms with van der Waals surface area (Å²) in [6, 6.07) is 7.53. The van der Waals surface area contributed by atoms with Gasteiger partial charge in [-0.05, 0) is 45.9 Å². The van der Waals surface area contributed by atoms with E-state index in [2.05, 4.69) is 16.4 Å². The normalized spacial score (nSPS) is 12.0. The van der Waals surface area contributed by atoms with E-state index < -0.39 is 0 Å². The van der Waals surface area contributed by atoms with Crippen LogP contribution in [0, 0.1) is 11.3 Å². The third kappa shape index (κ3) is 4.95. The summed E-state index contributed by atoms with van der Waals surface area (Å²) in [5, 5.41) is 15.4. The Morgan fingerprint density at radius 3 is 2.79 bits per heavy atom. The minimum absolute atomic E-state index is 0.00972. The molecule has 0 unspecified atom stereocenters. The molecule has 0 bridgehead atoms. The van der Waals surface area contributed by atoms with Gasteiger partial charge < -0.3 is 14.8 Å². The first-order valence-electron chi connectivity index (χ1n) is 8.04. The van der Waals surface area contributed by atoms with Gasteiger partial charge in [0.25, 0.3) is 0 Å². The number of thiazole rings is 1. The molecule has 0 saturated carbocycles. The van der Waals surface area contributed by atoms with Gasteiger partial charge in [0.05, 0.1) is 35.7 Å². The molecule has 2 rings (SSSR count). The molecule has 0 aliphatic carbocycles. The van der Waals surface area contributed by atoms with Crippen LogP contribution >= 0.6 is 11.3 Å². The van der Waals surface area contributed by atoms with Crippen LogP contribution in [0.25, 0.3) is 0 Å². The second-order valence-electron chi connectivity index (χ2n) is 5.62. The van der Waals surface area contributed by atoms with Crippen LogP contribution in [-0.4, -0.2) is 17.7 Å². The average Bonchev–Trinajstić information content (AvgIpc) is 3.02. The molecule has 1 heterocycles. The molecule has 2 aromatic rings. The SMILES string of the molecule is CCO[C@H](C)c1nc(CNc2cc(C#N)ccc2OC(C)C)cs1. The van der Waals surface area contributed by atoms with E-state index in [0.29, 0.717) is 18.7 Å².